The number of halogens is 6. The topological polar surface area (TPSA) is 89.9 Å². The highest BCUT2D eigenvalue weighted by atomic mass is 19.4. The third-order valence-corrected chi connectivity index (χ3v) is 7.95. The lowest BCUT2D eigenvalue weighted by molar-refractivity contribution is -0.143. The second-order valence-electron chi connectivity index (χ2n) is 11.2. The number of alkyl halides is 6. The first-order valence-corrected chi connectivity index (χ1v) is 15.4. The van der Waals surface area contributed by atoms with Gasteiger partial charge in [0.2, 0.25) is 11.8 Å². The quantitative estimate of drug-likeness (QED) is 0.154. The van der Waals surface area contributed by atoms with Gasteiger partial charge in [0.05, 0.1) is 54.7 Å². The van der Waals surface area contributed by atoms with E-state index in [9.17, 15) is 31.1 Å². The minimum atomic E-state index is -5.05. The van der Waals surface area contributed by atoms with Crippen molar-refractivity contribution < 1.29 is 45.3 Å². The Morgan fingerprint density at radius 1 is 0.918 bits per heavy atom. The fourth-order valence-corrected chi connectivity index (χ4v) is 5.65. The number of anilines is 2. The molecule has 260 valence electrons. The van der Waals surface area contributed by atoms with E-state index in [2.05, 4.69) is 15.0 Å². The molecule has 3 heterocycles. The number of fused-ring (bicyclic) bond motifs is 1. The molecule has 4 aromatic rings. The molecule has 2 aromatic carbocycles. The second-order valence-corrected chi connectivity index (χ2v) is 11.2. The first kappa shape index (κ1) is 35.2. The molecule has 49 heavy (non-hydrogen) atoms. The summed E-state index contributed by atoms with van der Waals surface area (Å²) in [6.45, 7) is 3.34. The number of rotatable bonds is 10. The van der Waals surface area contributed by atoms with Crippen molar-refractivity contribution in [3.63, 3.8) is 0 Å². The molecule has 5 rings (SSSR count). The number of aromatic nitrogens is 3. The predicted octanol–water partition coefficient (Wildman–Crippen LogP) is 8.39. The summed E-state index contributed by atoms with van der Waals surface area (Å²) in [7, 11) is 1.39. The van der Waals surface area contributed by atoms with E-state index in [0.29, 0.717) is 24.2 Å². The second kappa shape index (κ2) is 14.6. The summed E-state index contributed by atoms with van der Waals surface area (Å²) >= 11 is 0. The van der Waals surface area contributed by atoms with E-state index < -0.39 is 48.2 Å². The number of methoxy groups -OCH3 is 1. The molecule has 9 nitrogen and oxygen atoms in total. The fraction of sp³-hybridized carbons (Fsp3) is 0.353. The Hall–Kier alpha value is -5.08. The summed E-state index contributed by atoms with van der Waals surface area (Å²) < 4.78 is 99.6. The number of hydrogen-bond acceptors (Lipinski definition) is 8. The van der Waals surface area contributed by atoms with E-state index in [1.807, 2.05) is 37.3 Å². The molecule has 0 fully saturated rings. The molecule has 0 saturated heterocycles. The van der Waals surface area contributed by atoms with Gasteiger partial charge in [-0.25, -0.2) is 19.7 Å². The Kier molecular flexibility index (Phi) is 10.5. The molecule has 0 bridgehead atoms. The highest BCUT2D eigenvalue weighted by Gasteiger charge is 2.42. The summed E-state index contributed by atoms with van der Waals surface area (Å²) in [5, 5.41) is 0. The van der Waals surface area contributed by atoms with Crippen molar-refractivity contribution in [1.82, 2.24) is 15.0 Å². The average molecular weight is 690 g/mol. The zero-order valence-electron chi connectivity index (χ0n) is 26.8. The Labute approximate surface area is 278 Å². The lowest BCUT2D eigenvalue weighted by Gasteiger charge is -2.43. The van der Waals surface area contributed by atoms with Crippen LogP contribution in [-0.2, 0) is 30.2 Å². The first-order chi connectivity index (χ1) is 23.3. The maximum absolute atomic E-state index is 13.9. The molecule has 1 amide bonds. The number of amides is 1. The summed E-state index contributed by atoms with van der Waals surface area (Å²) in [6.07, 6.45) is -7.39. The maximum atomic E-state index is 13.9. The van der Waals surface area contributed by atoms with Crippen LogP contribution in [0.5, 0.6) is 11.6 Å². The minimum Gasteiger partial charge on any atom is -0.486 e. The molecule has 15 heteroatoms. The van der Waals surface area contributed by atoms with Gasteiger partial charge < -0.3 is 19.1 Å². The van der Waals surface area contributed by atoms with E-state index >= 15 is 0 Å². The van der Waals surface area contributed by atoms with Crippen molar-refractivity contribution in [2.75, 3.05) is 23.5 Å². The van der Waals surface area contributed by atoms with Crippen molar-refractivity contribution in [2.24, 2.45) is 0 Å². The molecule has 1 aliphatic rings. The largest absolute Gasteiger partial charge is 0.486 e. The Morgan fingerprint density at radius 2 is 1.57 bits per heavy atom. The van der Waals surface area contributed by atoms with Crippen LogP contribution in [0.4, 0.5) is 42.8 Å². The predicted molar refractivity (Wildman–Crippen MR) is 167 cm³/mol. The third kappa shape index (κ3) is 8.15. The summed E-state index contributed by atoms with van der Waals surface area (Å²) in [4.78, 5) is 29.6. The van der Waals surface area contributed by atoms with Gasteiger partial charge in [-0.3, -0.25) is 4.90 Å². The lowest BCUT2D eigenvalue weighted by Crippen LogP contribution is -2.48. The zero-order valence-corrected chi connectivity index (χ0v) is 26.8. The van der Waals surface area contributed by atoms with Crippen molar-refractivity contribution in [3.8, 4) is 11.6 Å². The Bertz CT molecular complexity index is 1710. The van der Waals surface area contributed by atoms with Crippen LogP contribution in [0.25, 0.3) is 0 Å². The number of hydrogen-bond donors (Lipinski definition) is 0. The van der Waals surface area contributed by atoms with Crippen LogP contribution in [0.3, 0.4) is 0 Å². The number of pyridine rings is 1. The van der Waals surface area contributed by atoms with Crippen molar-refractivity contribution in [2.45, 2.75) is 64.3 Å². The van der Waals surface area contributed by atoms with E-state index in [4.69, 9.17) is 14.2 Å². The molecular formula is C34H33F6N5O4. The van der Waals surface area contributed by atoms with E-state index in [-0.39, 0.29) is 54.5 Å². The molecule has 0 N–H and O–H groups in total. The van der Waals surface area contributed by atoms with Gasteiger partial charge in [-0.2, -0.15) is 26.3 Å². The number of carbonyl (C=O) groups is 1. The SMILES string of the molecule is CCOC(=O)N1c2ccc(OC)nc2[C@@H](N(Cc2cc(C(F)(F)F)cc(C(F)(F)F)c2)c2ncc(OCc3ccccc3)cn2)C[C@H]1CC. The molecule has 0 spiro atoms. The van der Waals surface area contributed by atoms with E-state index in [1.165, 1.54) is 29.3 Å². The highest BCUT2D eigenvalue weighted by Crippen LogP contribution is 2.44. The zero-order chi connectivity index (χ0) is 35.3. The standard InChI is InChI=1S/C34H33F6N5O4/c1-4-25-16-28(30-27(11-12-29(43-30)47-3)45(25)32(46)48-5-2)44(19-22-13-23(33(35,36)37)15-24(14-22)34(38,39)40)31-41-17-26(18-42-31)49-20-21-9-7-6-8-10-21/h6-15,17-18,25,28H,4-5,16,19-20H2,1-3H3/t25-,28+/m1/s1. The van der Waals surface area contributed by atoms with Gasteiger partial charge in [0, 0.05) is 18.7 Å². The molecule has 0 radical (unpaired) electrons. The molecule has 0 unspecified atom stereocenters. The van der Waals surface area contributed by atoms with Crippen molar-refractivity contribution >= 4 is 17.7 Å². The van der Waals surface area contributed by atoms with Gasteiger partial charge in [0.15, 0.2) is 5.75 Å². The van der Waals surface area contributed by atoms with Crippen LogP contribution in [0, 0.1) is 0 Å². The average Bonchev–Trinajstić information content (AvgIpc) is 3.08. The summed E-state index contributed by atoms with van der Waals surface area (Å²) in [6, 6.07) is 12.6. The number of carbonyl (C=O) groups excluding carboxylic acids is 1. The van der Waals surface area contributed by atoms with Gasteiger partial charge in [0.25, 0.3) is 0 Å². The molecule has 2 atom stereocenters. The van der Waals surface area contributed by atoms with E-state index in [0.717, 1.165) is 5.56 Å². The molecule has 0 saturated carbocycles. The first-order valence-electron chi connectivity index (χ1n) is 15.4. The third-order valence-electron chi connectivity index (χ3n) is 7.95. The molecular weight excluding hydrogens is 656 g/mol. The lowest BCUT2D eigenvalue weighted by atomic mass is 9.92. The van der Waals surface area contributed by atoms with Gasteiger partial charge >= 0.3 is 18.4 Å². The van der Waals surface area contributed by atoms with Gasteiger partial charge in [0.1, 0.15) is 6.61 Å². The minimum absolute atomic E-state index is 0.0157. The smallest absolute Gasteiger partial charge is 0.416 e. The molecule has 1 aliphatic heterocycles. The van der Waals surface area contributed by atoms with Crippen LogP contribution in [-0.4, -0.2) is 40.8 Å². The van der Waals surface area contributed by atoms with Crippen molar-refractivity contribution in [3.05, 3.63) is 101 Å². The van der Waals surface area contributed by atoms with Crippen LogP contribution in [0.2, 0.25) is 0 Å². The van der Waals surface area contributed by atoms with Crippen LogP contribution in [0.15, 0.2) is 73.1 Å². The molecule has 0 aliphatic carbocycles. The number of ether oxygens (including phenoxy) is 3. The van der Waals surface area contributed by atoms with Gasteiger partial charge in [-0.15, -0.1) is 0 Å². The number of benzene rings is 2. The van der Waals surface area contributed by atoms with Gasteiger partial charge in [-0.1, -0.05) is 37.3 Å². The molecule has 2 aromatic heterocycles. The Morgan fingerprint density at radius 3 is 2.14 bits per heavy atom. The van der Waals surface area contributed by atoms with Crippen LogP contribution >= 0.6 is 0 Å². The monoisotopic (exact) mass is 689 g/mol. The van der Waals surface area contributed by atoms with Crippen LogP contribution in [0.1, 0.15) is 60.7 Å². The van der Waals surface area contributed by atoms with Crippen LogP contribution < -0.4 is 19.3 Å². The Balaban J connectivity index is 1.62. The highest BCUT2D eigenvalue weighted by molar-refractivity contribution is 5.90. The van der Waals surface area contributed by atoms with E-state index in [1.54, 1.807) is 19.1 Å². The maximum Gasteiger partial charge on any atom is 0.416 e. The van der Waals surface area contributed by atoms with Gasteiger partial charge in [-0.05, 0) is 55.2 Å². The summed E-state index contributed by atoms with van der Waals surface area (Å²) in [5.74, 6) is 0.444. The summed E-state index contributed by atoms with van der Waals surface area (Å²) in [5.41, 5.74) is -1.70. The van der Waals surface area contributed by atoms with Crippen molar-refractivity contribution in [1.29, 1.82) is 0 Å². The normalized spacial score (nSPS) is 16.1. The fourth-order valence-electron chi connectivity index (χ4n) is 5.65. The number of nitrogens with zero attached hydrogens (tertiary/aromatic N) is 5.